The number of rotatable bonds is 5. The van der Waals surface area contributed by atoms with Crippen molar-refractivity contribution in [3.05, 3.63) is 29.3 Å². The molecule has 116 valence electrons. The monoisotopic (exact) mass is 293 g/mol. The number of aliphatic hydroxyl groups is 1. The van der Waals surface area contributed by atoms with Crippen molar-refractivity contribution in [2.45, 2.75) is 25.9 Å². The summed E-state index contributed by atoms with van der Waals surface area (Å²) in [6, 6.07) is 5.55. The molecule has 0 bridgehead atoms. The Kier molecular flexibility index (Phi) is 5.59. The Labute approximate surface area is 125 Å². The molecule has 0 saturated carbocycles. The highest BCUT2D eigenvalue weighted by Crippen LogP contribution is 2.22. The van der Waals surface area contributed by atoms with Crippen molar-refractivity contribution >= 4 is 5.91 Å². The molecule has 0 spiro atoms. The number of benzene rings is 1. The van der Waals surface area contributed by atoms with E-state index in [-0.39, 0.29) is 18.6 Å². The highest BCUT2D eigenvalue weighted by molar-refractivity contribution is 5.94. The topological polar surface area (TPSA) is 59.0 Å². The number of aliphatic hydroxyl groups excluding tert-OH is 1. The second-order valence-electron chi connectivity index (χ2n) is 5.27. The van der Waals surface area contributed by atoms with Crippen LogP contribution in [-0.2, 0) is 4.74 Å². The number of carbonyl (C=O) groups is 1. The van der Waals surface area contributed by atoms with Crippen LogP contribution in [0.25, 0.3) is 0 Å². The van der Waals surface area contributed by atoms with Crippen molar-refractivity contribution in [1.82, 2.24) is 4.90 Å². The summed E-state index contributed by atoms with van der Waals surface area (Å²) in [4.78, 5) is 14.3. The van der Waals surface area contributed by atoms with E-state index in [1.165, 1.54) is 0 Å². The van der Waals surface area contributed by atoms with Gasteiger partial charge in [-0.2, -0.15) is 0 Å². The number of methoxy groups -OCH3 is 1. The Morgan fingerprint density at radius 2 is 2.10 bits per heavy atom. The number of nitrogens with zero attached hydrogens (tertiary/aromatic N) is 1. The van der Waals surface area contributed by atoms with E-state index in [9.17, 15) is 4.79 Å². The van der Waals surface area contributed by atoms with Crippen molar-refractivity contribution in [2.24, 2.45) is 0 Å². The Morgan fingerprint density at radius 3 is 2.71 bits per heavy atom. The van der Waals surface area contributed by atoms with Gasteiger partial charge in [-0.05, 0) is 37.5 Å². The number of piperidine rings is 1. The van der Waals surface area contributed by atoms with Crippen LogP contribution in [0.3, 0.4) is 0 Å². The molecular weight excluding hydrogens is 270 g/mol. The number of hydrogen-bond donors (Lipinski definition) is 1. The third kappa shape index (κ3) is 3.95. The molecular formula is C16H23NO4. The first-order valence-electron chi connectivity index (χ1n) is 7.32. The first-order valence-corrected chi connectivity index (χ1v) is 7.32. The molecule has 2 rings (SSSR count). The Bertz CT molecular complexity index is 481. The van der Waals surface area contributed by atoms with Gasteiger partial charge >= 0.3 is 0 Å². The van der Waals surface area contributed by atoms with Gasteiger partial charge < -0.3 is 19.5 Å². The largest absolute Gasteiger partial charge is 0.496 e. The van der Waals surface area contributed by atoms with E-state index in [2.05, 4.69) is 0 Å². The minimum absolute atomic E-state index is 0.0360. The van der Waals surface area contributed by atoms with E-state index in [1.54, 1.807) is 13.2 Å². The van der Waals surface area contributed by atoms with E-state index >= 15 is 0 Å². The molecule has 5 heteroatoms. The first-order chi connectivity index (χ1) is 10.2. The predicted octanol–water partition coefficient (Wildman–Crippen LogP) is 1.62. The lowest BCUT2D eigenvalue weighted by Crippen LogP contribution is -2.41. The average molecular weight is 293 g/mol. The van der Waals surface area contributed by atoms with Gasteiger partial charge in [-0.3, -0.25) is 4.79 Å². The maximum absolute atomic E-state index is 12.5. The smallest absolute Gasteiger partial charge is 0.253 e. The van der Waals surface area contributed by atoms with Gasteiger partial charge in [0.15, 0.2) is 0 Å². The SMILES string of the molecule is COc1cc(C(=O)N2CCC(OCCO)CC2)ccc1C. The minimum Gasteiger partial charge on any atom is -0.496 e. The standard InChI is InChI=1S/C16H23NO4/c1-12-3-4-13(11-15(12)20-2)16(19)17-7-5-14(6-8-17)21-10-9-18/h3-4,11,14,18H,5-10H2,1-2H3. The van der Waals surface area contributed by atoms with E-state index in [4.69, 9.17) is 14.6 Å². The zero-order chi connectivity index (χ0) is 15.2. The van der Waals surface area contributed by atoms with Gasteiger partial charge in [0.1, 0.15) is 5.75 Å². The molecule has 1 aromatic rings. The fourth-order valence-corrected chi connectivity index (χ4v) is 2.58. The molecule has 1 aliphatic heterocycles. The van der Waals surface area contributed by atoms with Crippen LogP contribution in [0.4, 0.5) is 0 Å². The van der Waals surface area contributed by atoms with Crippen LogP contribution in [0, 0.1) is 6.92 Å². The van der Waals surface area contributed by atoms with E-state index in [1.807, 2.05) is 24.0 Å². The Hall–Kier alpha value is -1.59. The van der Waals surface area contributed by atoms with Crippen molar-refractivity contribution in [2.75, 3.05) is 33.4 Å². The van der Waals surface area contributed by atoms with Crippen LogP contribution < -0.4 is 4.74 Å². The molecule has 1 heterocycles. The molecule has 1 amide bonds. The summed E-state index contributed by atoms with van der Waals surface area (Å²) in [6.45, 7) is 3.74. The molecule has 1 aliphatic rings. The van der Waals surface area contributed by atoms with Crippen molar-refractivity contribution in [3.63, 3.8) is 0 Å². The number of hydrogen-bond acceptors (Lipinski definition) is 4. The van der Waals surface area contributed by atoms with Gasteiger partial charge in [0.05, 0.1) is 26.4 Å². The summed E-state index contributed by atoms with van der Waals surface area (Å²) in [5.41, 5.74) is 1.68. The molecule has 0 radical (unpaired) electrons. The molecule has 5 nitrogen and oxygen atoms in total. The quantitative estimate of drug-likeness (QED) is 0.896. The van der Waals surface area contributed by atoms with Crippen molar-refractivity contribution < 1.29 is 19.4 Å². The molecule has 1 N–H and O–H groups in total. The number of aryl methyl sites for hydroxylation is 1. The van der Waals surface area contributed by atoms with Crippen LogP contribution >= 0.6 is 0 Å². The van der Waals surface area contributed by atoms with Gasteiger partial charge in [0, 0.05) is 18.7 Å². The van der Waals surface area contributed by atoms with Crippen LogP contribution in [0.2, 0.25) is 0 Å². The molecule has 0 atom stereocenters. The summed E-state index contributed by atoms with van der Waals surface area (Å²) in [6.07, 6.45) is 1.78. The van der Waals surface area contributed by atoms with Crippen LogP contribution in [0.5, 0.6) is 5.75 Å². The van der Waals surface area contributed by atoms with Gasteiger partial charge in [0.2, 0.25) is 0 Å². The zero-order valence-corrected chi connectivity index (χ0v) is 12.7. The highest BCUT2D eigenvalue weighted by atomic mass is 16.5. The van der Waals surface area contributed by atoms with Gasteiger partial charge in [-0.15, -0.1) is 0 Å². The van der Waals surface area contributed by atoms with Crippen molar-refractivity contribution in [1.29, 1.82) is 0 Å². The average Bonchev–Trinajstić information content (AvgIpc) is 2.53. The second kappa shape index (κ2) is 7.43. The number of likely N-dealkylation sites (tertiary alicyclic amines) is 1. The zero-order valence-electron chi connectivity index (χ0n) is 12.7. The third-order valence-electron chi connectivity index (χ3n) is 3.83. The number of ether oxygens (including phenoxy) is 2. The predicted molar refractivity (Wildman–Crippen MR) is 79.7 cm³/mol. The molecule has 1 fully saturated rings. The Balaban J connectivity index is 1.95. The van der Waals surface area contributed by atoms with Crippen LogP contribution in [-0.4, -0.2) is 55.4 Å². The lowest BCUT2D eigenvalue weighted by Gasteiger charge is -2.32. The summed E-state index contributed by atoms with van der Waals surface area (Å²) in [7, 11) is 1.61. The Morgan fingerprint density at radius 1 is 1.38 bits per heavy atom. The minimum atomic E-state index is 0.0360. The van der Waals surface area contributed by atoms with Crippen LogP contribution in [0.1, 0.15) is 28.8 Å². The number of carbonyl (C=O) groups excluding carboxylic acids is 1. The molecule has 0 unspecified atom stereocenters. The third-order valence-corrected chi connectivity index (χ3v) is 3.83. The lowest BCUT2D eigenvalue weighted by molar-refractivity contribution is -0.00554. The van der Waals surface area contributed by atoms with Crippen LogP contribution in [0.15, 0.2) is 18.2 Å². The van der Waals surface area contributed by atoms with Gasteiger partial charge in [0.25, 0.3) is 5.91 Å². The van der Waals surface area contributed by atoms with Gasteiger partial charge in [-0.1, -0.05) is 6.07 Å². The fourth-order valence-electron chi connectivity index (χ4n) is 2.58. The summed E-state index contributed by atoms with van der Waals surface area (Å²) in [5.74, 6) is 0.774. The van der Waals surface area contributed by atoms with E-state index < -0.39 is 0 Å². The summed E-state index contributed by atoms with van der Waals surface area (Å²) in [5, 5.41) is 8.76. The molecule has 1 aromatic carbocycles. The number of amides is 1. The maximum Gasteiger partial charge on any atom is 0.253 e. The van der Waals surface area contributed by atoms with E-state index in [0.29, 0.717) is 25.3 Å². The molecule has 1 saturated heterocycles. The van der Waals surface area contributed by atoms with E-state index in [0.717, 1.165) is 24.2 Å². The first kappa shape index (κ1) is 15.8. The lowest BCUT2D eigenvalue weighted by atomic mass is 10.1. The van der Waals surface area contributed by atoms with Gasteiger partial charge in [-0.25, -0.2) is 0 Å². The maximum atomic E-state index is 12.5. The molecule has 0 aliphatic carbocycles. The highest BCUT2D eigenvalue weighted by Gasteiger charge is 2.24. The normalized spacial score (nSPS) is 16.0. The fraction of sp³-hybridized carbons (Fsp3) is 0.562. The summed E-state index contributed by atoms with van der Waals surface area (Å²) < 4.78 is 10.8. The molecule has 21 heavy (non-hydrogen) atoms. The molecule has 0 aromatic heterocycles. The van der Waals surface area contributed by atoms with Crippen molar-refractivity contribution in [3.8, 4) is 5.75 Å². The second-order valence-corrected chi connectivity index (χ2v) is 5.27. The summed E-state index contributed by atoms with van der Waals surface area (Å²) >= 11 is 0.